The number of aromatic nitrogens is 2. The molecule has 3 rings (SSSR count). The summed E-state index contributed by atoms with van der Waals surface area (Å²) in [5.41, 5.74) is -0.300. The first-order valence-electron chi connectivity index (χ1n) is 6.10. The van der Waals surface area contributed by atoms with Crippen molar-refractivity contribution in [2.45, 2.75) is 6.54 Å². The lowest BCUT2D eigenvalue weighted by Gasteiger charge is -2.04. The lowest BCUT2D eigenvalue weighted by molar-refractivity contribution is 0.0663. The lowest BCUT2D eigenvalue weighted by atomic mass is 10.1. The highest BCUT2D eigenvalue weighted by atomic mass is 16.4. The van der Waals surface area contributed by atoms with Crippen LogP contribution in [-0.4, -0.2) is 20.6 Å². The van der Waals surface area contributed by atoms with Crippen LogP contribution in [-0.2, 0) is 6.54 Å². The Hall–Kier alpha value is -3.09. The minimum Gasteiger partial charge on any atom is -0.475 e. The summed E-state index contributed by atoms with van der Waals surface area (Å²) in [6.45, 7) is -0.00569. The van der Waals surface area contributed by atoms with Gasteiger partial charge in [0.25, 0.3) is 5.56 Å². The van der Waals surface area contributed by atoms with Gasteiger partial charge < -0.3 is 9.52 Å². The number of carboxylic acid groups (broad SMARTS) is 1. The van der Waals surface area contributed by atoms with Crippen molar-refractivity contribution in [3.8, 4) is 0 Å². The molecule has 0 unspecified atom stereocenters. The average Bonchev–Trinajstić information content (AvgIpc) is 2.81. The second-order valence-electron chi connectivity index (χ2n) is 4.45. The van der Waals surface area contributed by atoms with E-state index < -0.39 is 17.2 Å². The molecular formula is C14H10N2O5. The highest BCUT2D eigenvalue weighted by Gasteiger charge is 2.20. The zero-order valence-electron chi connectivity index (χ0n) is 10.7. The Balaban J connectivity index is 2.19. The van der Waals surface area contributed by atoms with Crippen LogP contribution >= 0.6 is 0 Å². The fourth-order valence-electron chi connectivity index (χ4n) is 2.17. The number of fused-ring (bicyclic) bond motifs is 1. The van der Waals surface area contributed by atoms with Gasteiger partial charge in [-0.1, -0.05) is 18.2 Å². The first kappa shape index (κ1) is 12.9. The molecule has 0 saturated heterocycles. The number of furan rings is 1. The van der Waals surface area contributed by atoms with Gasteiger partial charge in [0.1, 0.15) is 5.58 Å². The molecule has 0 aliphatic rings. The van der Waals surface area contributed by atoms with E-state index in [0.717, 1.165) is 0 Å². The molecule has 0 fully saturated rings. The summed E-state index contributed by atoms with van der Waals surface area (Å²) in [7, 11) is 0. The number of H-pyrrole nitrogens is 1. The third-order valence-electron chi connectivity index (χ3n) is 3.12. The molecule has 0 spiro atoms. The van der Waals surface area contributed by atoms with Gasteiger partial charge in [-0.3, -0.25) is 14.3 Å². The van der Waals surface area contributed by atoms with Crippen molar-refractivity contribution in [2.75, 3.05) is 0 Å². The SMILES string of the molecule is O=C(O)c1oc2ccccc2c1Cn1ccc(=O)[nH]c1=O. The van der Waals surface area contributed by atoms with Crippen molar-refractivity contribution >= 4 is 16.9 Å². The predicted molar refractivity (Wildman–Crippen MR) is 73.6 cm³/mol. The number of para-hydroxylation sites is 1. The molecule has 2 N–H and O–H groups in total. The van der Waals surface area contributed by atoms with Crippen LogP contribution in [0.2, 0.25) is 0 Å². The van der Waals surface area contributed by atoms with Crippen molar-refractivity contribution < 1.29 is 14.3 Å². The van der Waals surface area contributed by atoms with Crippen LogP contribution < -0.4 is 11.2 Å². The summed E-state index contributed by atoms with van der Waals surface area (Å²) < 4.78 is 6.52. The van der Waals surface area contributed by atoms with E-state index in [-0.39, 0.29) is 12.3 Å². The highest BCUT2D eigenvalue weighted by molar-refractivity contribution is 5.95. The molecule has 0 atom stereocenters. The minimum atomic E-state index is -1.21. The van der Waals surface area contributed by atoms with E-state index in [4.69, 9.17) is 4.42 Å². The maximum atomic E-state index is 11.7. The Morgan fingerprint density at radius 1 is 1.24 bits per heavy atom. The maximum Gasteiger partial charge on any atom is 0.372 e. The highest BCUT2D eigenvalue weighted by Crippen LogP contribution is 2.26. The van der Waals surface area contributed by atoms with Crippen LogP contribution in [0.5, 0.6) is 0 Å². The topological polar surface area (TPSA) is 105 Å². The molecule has 7 nitrogen and oxygen atoms in total. The number of aromatic amines is 1. The standard InChI is InChI=1S/C14H10N2O5/c17-11-5-6-16(14(20)15-11)7-9-8-3-1-2-4-10(8)21-12(9)13(18)19/h1-6H,7H2,(H,18,19)(H,15,17,20). The molecule has 0 aliphatic carbocycles. The van der Waals surface area contributed by atoms with E-state index in [1.54, 1.807) is 24.3 Å². The molecule has 2 heterocycles. The van der Waals surface area contributed by atoms with Gasteiger partial charge in [0.15, 0.2) is 0 Å². The number of carboxylic acids is 1. The maximum absolute atomic E-state index is 11.7. The molecule has 0 bridgehead atoms. The van der Waals surface area contributed by atoms with E-state index in [2.05, 4.69) is 4.98 Å². The summed E-state index contributed by atoms with van der Waals surface area (Å²) >= 11 is 0. The number of carbonyl (C=O) groups is 1. The molecule has 7 heteroatoms. The molecule has 1 aromatic carbocycles. The van der Waals surface area contributed by atoms with Gasteiger partial charge in [0.05, 0.1) is 6.54 Å². The minimum absolute atomic E-state index is 0.00569. The fourth-order valence-corrected chi connectivity index (χ4v) is 2.17. The Kier molecular flexibility index (Phi) is 2.94. The number of hydrogen-bond donors (Lipinski definition) is 2. The number of hydrogen-bond acceptors (Lipinski definition) is 4. The van der Waals surface area contributed by atoms with Crippen molar-refractivity contribution in [3.05, 3.63) is 68.7 Å². The molecule has 2 aromatic heterocycles. The van der Waals surface area contributed by atoms with Crippen molar-refractivity contribution in [3.63, 3.8) is 0 Å². The van der Waals surface area contributed by atoms with Crippen LogP contribution in [0, 0.1) is 0 Å². The van der Waals surface area contributed by atoms with Crippen LogP contribution in [0.25, 0.3) is 11.0 Å². The molecule has 106 valence electrons. The Morgan fingerprint density at radius 2 is 2.00 bits per heavy atom. The second kappa shape index (κ2) is 4.78. The van der Waals surface area contributed by atoms with E-state index in [1.165, 1.54) is 16.8 Å². The Bertz CT molecular complexity index is 948. The fraction of sp³-hybridized carbons (Fsp3) is 0.0714. The lowest BCUT2D eigenvalue weighted by Crippen LogP contribution is -2.29. The Morgan fingerprint density at radius 3 is 2.71 bits per heavy atom. The van der Waals surface area contributed by atoms with Crippen LogP contribution in [0.4, 0.5) is 0 Å². The summed E-state index contributed by atoms with van der Waals surface area (Å²) in [5.74, 6) is -1.42. The van der Waals surface area contributed by atoms with Crippen molar-refractivity contribution in [1.29, 1.82) is 0 Å². The zero-order valence-corrected chi connectivity index (χ0v) is 10.7. The van der Waals surface area contributed by atoms with Gasteiger partial charge in [0, 0.05) is 23.2 Å². The number of aromatic carboxylic acids is 1. The number of nitrogens with zero attached hydrogens (tertiary/aromatic N) is 1. The van der Waals surface area contributed by atoms with E-state index in [9.17, 15) is 19.5 Å². The van der Waals surface area contributed by atoms with Gasteiger partial charge in [0.2, 0.25) is 5.76 Å². The second-order valence-corrected chi connectivity index (χ2v) is 4.45. The van der Waals surface area contributed by atoms with Crippen molar-refractivity contribution in [1.82, 2.24) is 9.55 Å². The summed E-state index contributed by atoms with van der Waals surface area (Å²) in [6.07, 6.45) is 1.31. The molecule has 0 saturated carbocycles. The van der Waals surface area contributed by atoms with E-state index >= 15 is 0 Å². The largest absolute Gasteiger partial charge is 0.475 e. The third kappa shape index (κ3) is 2.25. The van der Waals surface area contributed by atoms with Crippen LogP contribution in [0.3, 0.4) is 0 Å². The van der Waals surface area contributed by atoms with Crippen LogP contribution in [0.15, 0.2) is 50.5 Å². The quantitative estimate of drug-likeness (QED) is 0.748. The average molecular weight is 286 g/mol. The van der Waals surface area contributed by atoms with Gasteiger partial charge >= 0.3 is 11.7 Å². The number of nitrogens with one attached hydrogen (secondary N) is 1. The summed E-state index contributed by atoms with van der Waals surface area (Å²) in [6, 6.07) is 8.05. The molecule has 0 aliphatic heterocycles. The van der Waals surface area contributed by atoms with Gasteiger partial charge in [-0.2, -0.15) is 0 Å². The van der Waals surface area contributed by atoms with Crippen LogP contribution in [0.1, 0.15) is 16.1 Å². The molecule has 21 heavy (non-hydrogen) atoms. The first-order chi connectivity index (χ1) is 10.1. The third-order valence-corrected chi connectivity index (χ3v) is 3.12. The summed E-state index contributed by atoms with van der Waals surface area (Å²) in [4.78, 5) is 36.2. The van der Waals surface area contributed by atoms with Crippen molar-refractivity contribution in [2.24, 2.45) is 0 Å². The molecule has 3 aromatic rings. The molecular weight excluding hydrogens is 276 g/mol. The van der Waals surface area contributed by atoms with Gasteiger partial charge in [-0.25, -0.2) is 9.59 Å². The first-order valence-corrected chi connectivity index (χ1v) is 6.10. The predicted octanol–water partition coefficient (Wildman–Crippen LogP) is 1.03. The zero-order chi connectivity index (χ0) is 15.0. The normalized spacial score (nSPS) is 10.9. The van der Waals surface area contributed by atoms with Gasteiger partial charge in [-0.05, 0) is 6.07 Å². The monoisotopic (exact) mass is 286 g/mol. The van der Waals surface area contributed by atoms with E-state index in [0.29, 0.717) is 16.5 Å². The number of rotatable bonds is 3. The summed E-state index contributed by atoms with van der Waals surface area (Å²) in [5, 5.41) is 9.84. The molecule has 0 radical (unpaired) electrons. The Labute approximate surface area is 117 Å². The smallest absolute Gasteiger partial charge is 0.372 e. The van der Waals surface area contributed by atoms with E-state index in [1.807, 2.05) is 0 Å². The molecule has 0 amide bonds. The van der Waals surface area contributed by atoms with Gasteiger partial charge in [-0.15, -0.1) is 0 Å². The number of benzene rings is 1.